The summed E-state index contributed by atoms with van der Waals surface area (Å²) in [6.45, 7) is 4.77. The Balaban J connectivity index is 1.33. The Hall–Kier alpha value is -2.83. The summed E-state index contributed by atoms with van der Waals surface area (Å²) < 4.78 is 0. The van der Waals surface area contributed by atoms with Crippen molar-refractivity contribution in [1.29, 1.82) is 0 Å². The van der Waals surface area contributed by atoms with E-state index in [1.165, 1.54) is 11.1 Å². The van der Waals surface area contributed by atoms with E-state index in [1.54, 1.807) is 12.4 Å². The second kappa shape index (κ2) is 7.66. The third-order valence-electron chi connectivity index (χ3n) is 5.49. The Kier molecular flexibility index (Phi) is 4.72. The zero-order valence-corrected chi connectivity index (χ0v) is 15.8. The highest BCUT2D eigenvalue weighted by atomic mass is 15.2. The summed E-state index contributed by atoms with van der Waals surface area (Å²) in [6, 6.07) is 15.0. The van der Waals surface area contributed by atoms with Crippen LogP contribution in [-0.4, -0.2) is 39.0 Å². The number of likely N-dealkylation sites (tertiary alicyclic amines) is 1. The average Bonchev–Trinajstić information content (AvgIpc) is 3.39. The molecule has 3 aromatic rings. The molecule has 1 atom stereocenters. The second-order valence-corrected chi connectivity index (χ2v) is 7.51. The van der Waals surface area contributed by atoms with Gasteiger partial charge in [-0.3, -0.25) is 9.88 Å². The van der Waals surface area contributed by atoms with Crippen LogP contribution >= 0.6 is 0 Å². The summed E-state index contributed by atoms with van der Waals surface area (Å²) in [5.41, 5.74) is 4.68. The van der Waals surface area contributed by atoms with Gasteiger partial charge in [0.1, 0.15) is 5.82 Å². The number of anilines is 1. The molecule has 0 saturated carbocycles. The number of nitrogens with one attached hydrogen (secondary N) is 2. The summed E-state index contributed by atoms with van der Waals surface area (Å²) >= 11 is 0. The number of hydrogen-bond donors (Lipinski definition) is 2. The van der Waals surface area contributed by atoms with Gasteiger partial charge >= 0.3 is 0 Å². The van der Waals surface area contributed by atoms with Gasteiger partial charge in [0.05, 0.1) is 5.69 Å². The van der Waals surface area contributed by atoms with Gasteiger partial charge in [-0.1, -0.05) is 30.3 Å². The molecule has 2 aliphatic heterocycles. The third-order valence-corrected chi connectivity index (χ3v) is 5.49. The molecule has 4 heterocycles. The van der Waals surface area contributed by atoms with E-state index < -0.39 is 0 Å². The van der Waals surface area contributed by atoms with E-state index in [2.05, 4.69) is 50.8 Å². The molecule has 0 radical (unpaired) electrons. The van der Waals surface area contributed by atoms with E-state index in [-0.39, 0.29) is 0 Å². The molecule has 0 spiro atoms. The molecular weight excluding hydrogens is 348 g/mol. The lowest BCUT2D eigenvalue weighted by Gasteiger charge is -2.19. The molecule has 2 aliphatic rings. The Morgan fingerprint density at radius 1 is 1.04 bits per heavy atom. The topological polar surface area (TPSA) is 66.0 Å². The SMILES string of the molecule is c1ccc(CN2CC[C@H](Nc3nc(-c4ccncc4)nc4c3CNC4)C2)cc1. The zero-order chi connectivity index (χ0) is 18.8. The van der Waals surface area contributed by atoms with Crippen LogP contribution in [0.1, 0.15) is 23.2 Å². The van der Waals surface area contributed by atoms with Gasteiger partial charge in [-0.15, -0.1) is 0 Å². The number of aromatic nitrogens is 3. The fourth-order valence-corrected chi connectivity index (χ4v) is 4.05. The molecule has 0 bridgehead atoms. The van der Waals surface area contributed by atoms with Crippen LogP contribution in [0.3, 0.4) is 0 Å². The fraction of sp³-hybridized carbons (Fsp3) is 0.318. The van der Waals surface area contributed by atoms with Crippen molar-refractivity contribution in [2.75, 3.05) is 18.4 Å². The minimum absolute atomic E-state index is 0.411. The molecule has 6 heteroatoms. The molecule has 2 N–H and O–H groups in total. The standard InChI is InChI=1S/C22H24N6/c1-2-4-16(5-3-1)14-28-11-8-18(15-28)25-22-19-12-24-13-20(19)26-21(27-22)17-6-9-23-10-7-17/h1-7,9-10,18,24H,8,11-15H2,(H,25,26,27)/t18-/m0/s1. The fourth-order valence-electron chi connectivity index (χ4n) is 4.05. The Morgan fingerprint density at radius 2 is 1.89 bits per heavy atom. The predicted molar refractivity (Wildman–Crippen MR) is 110 cm³/mol. The monoisotopic (exact) mass is 372 g/mol. The zero-order valence-electron chi connectivity index (χ0n) is 15.8. The van der Waals surface area contributed by atoms with Gasteiger partial charge in [-0.05, 0) is 24.1 Å². The number of nitrogens with zero attached hydrogens (tertiary/aromatic N) is 4. The van der Waals surface area contributed by atoms with Crippen LogP contribution in [0.15, 0.2) is 54.9 Å². The van der Waals surface area contributed by atoms with Gasteiger partial charge in [0, 0.05) is 62.3 Å². The maximum Gasteiger partial charge on any atom is 0.161 e. The van der Waals surface area contributed by atoms with E-state index in [1.807, 2.05) is 12.1 Å². The summed E-state index contributed by atoms with van der Waals surface area (Å²) in [7, 11) is 0. The lowest BCUT2D eigenvalue weighted by atomic mass is 10.2. The van der Waals surface area contributed by atoms with Crippen molar-refractivity contribution >= 4 is 5.82 Å². The number of benzene rings is 1. The Bertz CT molecular complexity index is 944. The predicted octanol–water partition coefficient (Wildman–Crippen LogP) is 2.83. The third kappa shape index (κ3) is 3.61. The number of pyridine rings is 1. The van der Waals surface area contributed by atoms with E-state index >= 15 is 0 Å². The van der Waals surface area contributed by atoms with Crippen LogP contribution in [0.5, 0.6) is 0 Å². The van der Waals surface area contributed by atoms with Crippen molar-refractivity contribution < 1.29 is 0 Å². The van der Waals surface area contributed by atoms with Gasteiger partial charge in [0.25, 0.3) is 0 Å². The van der Waals surface area contributed by atoms with Crippen molar-refractivity contribution in [2.24, 2.45) is 0 Å². The minimum Gasteiger partial charge on any atom is -0.366 e. The quantitative estimate of drug-likeness (QED) is 0.718. The molecule has 6 nitrogen and oxygen atoms in total. The molecule has 0 unspecified atom stereocenters. The summed E-state index contributed by atoms with van der Waals surface area (Å²) in [6.07, 6.45) is 4.70. The van der Waals surface area contributed by atoms with Crippen molar-refractivity contribution in [1.82, 2.24) is 25.2 Å². The number of rotatable bonds is 5. The Labute approximate surface area is 165 Å². The summed E-state index contributed by atoms with van der Waals surface area (Å²) in [4.78, 5) is 16.3. The van der Waals surface area contributed by atoms with Crippen LogP contribution < -0.4 is 10.6 Å². The van der Waals surface area contributed by atoms with Gasteiger partial charge in [0.15, 0.2) is 5.82 Å². The van der Waals surface area contributed by atoms with Crippen molar-refractivity contribution in [2.45, 2.75) is 32.1 Å². The first-order chi connectivity index (χ1) is 13.8. The minimum atomic E-state index is 0.411. The normalized spacial score (nSPS) is 18.9. The summed E-state index contributed by atoms with van der Waals surface area (Å²) in [5, 5.41) is 7.13. The molecule has 1 fully saturated rings. The highest BCUT2D eigenvalue weighted by molar-refractivity contribution is 5.60. The average molecular weight is 372 g/mol. The first kappa shape index (κ1) is 17.3. The van der Waals surface area contributed by atoms with Gasteiger partial charge in [-0.2, -0.15) is 0 Å². The molecule has 142 valence electrons. The molecule has 1 aromatic carbocycles. The molecule has 2 aromatic heterocycles. The lowest BCUT2D eigenvalue weighted by Crippen LogP contribution is -2.27. The van der Waals surface area contributed by atoms with E-state index in [9.17, 15) is 0 Å². The molecule has 0 aliphatic carbocycles. The van der Waals surface area contributed by atoms with Gasteiger partial charge in [-0.25, -0.2) is 9.97 Å². The smallest absolute Gasteiger partial charge is 0.161 e. The first-order valence-electron chi connectivity index (χ1n) is 9.89. The molecule has 28 heavy (non-hydrogen) atoms. The van der Waals surface area contributed by atoms with Crippen LogP contribution in [0.2, 0.25) is 0 Å². The number of hydrogen-bond acceptors (Lipinski definition) is 6. The maximum atomic E-state index is 4.88. The van der Waals surface area contributed by atoms with Crippen molar-refractivity contribution in [3.63, 3.8) is 0 Å². The van der Waals surface area contributed by atoms with Crippen LogP contribution in [0.4, 0.5) is 5.82 Å². The molecule has 5 rings (SSSR count). The maximum absolute atomic E-state index is 4.88. The highest BCUT2D eigenvalue weighted by Gasteiger charge is 2.26. The first-order valence-corrected chi connectivity index (χ1v) is 9.89. The molecule has 0 amide bonds. The van der Waals surface area contributed by atoms with E-state index in [0.717, 1.165) is 62.0 Å². The Morgan fingerprint density at radius 3 is 2.75 bits per heavy atom. The van der Waals surface area contributed by atoms with Gasteiger partial charge in [0.2, 0.25) is 0 Å². The van der Waals surface area contributed by atoms with Crippen LogP contribution in [0.25, 0.3) is 11.4 Å². The number of fused-ring (bicyclic) bond motifs is 1. The lowest BCUT2D eigenvalue weighted by molar-refractivity contribution is 0.328. The van der Waals surface area contributed by atoms with Crippen LogP contribution in [0, 0.1) is 0 Å². The highest BCUT2D eigenvalue weighted by Crippen LogP contribution is 2.27. The molecular formula is C22H24N6. The molecule has 1 saturated heterocycles. The van der Waals surface area contributed by atoms with Crippen molar-refractivity contribution in [3.8, 4) is 11.4 Å². The van der Waals surface area contributed by atoms with E-state index in [4.69, 9.17) is 9.97 Å². The van der Waals surface area contributed by atoms with E-state index in [0.29, 0.717) is 6.04 Å². The van der Waals surface area contributed by atoms with Crippen LogP contribution in [-0.2, 0) is 19.6 Å². The largest absolute Gasteiger partial charge is 0.366 e. The second-order valence-electron chi connectivity index (χ2n) is 7.51. The van der Waals surface area contributed by atoms with Gasteiger partial charge < -0.3 is 10.6 Å². The van der Waals surface area contributed by atoms with Crippen molar-refractivity contribution in [3.05, 3.63) is 71.7 Å². The summed E-state index contributed by atoms with van der Waals surface area (Å²) in [5.74, 6) is 1.75.